The van der Waals surface area contributed by atoms with Crippen molar-refractivity contribution < 1.29 is 23.5 Å². The van der Waals surface area contributed by atoms with Gasteiger partial charge in [-0.15, -0.1) is 0 Å². The first-order chi connectivity index (χ1) is 16.7. The number of hydrogen-bond donors (Lipinski definition) is 0. The topological polar surface area (TPSA) is 87.0 Å². The molecule has 180 valence electrons. The van der Waals surface area contributed by atoms with Gasteiger partial charge in [0.05, 0.1) is 33.5 Å². The molecule has 0 saturated carbocycles. The molecule has 1 aromatic heterocycles. The summed E-state index contributed by atoms with van der Waals surface area (Å²) in [6.45, 7) is 4.78. The quantitative estimate of drug-likeness (QED) is 0.384. The Bertz CT molecular complexity index is 1520. The van der Waals surface area contributed by atoms with E-state index in [0.717, 1.165) is 11.3 Å². The maximum atomic E-state index is 14.4. The Balaban J connectivity index is 1.94. The highest BCUT2D eigenvalue weighted by molar-refractivity contribution is 7.07. The third-order valence-electron chi connectivity index (χ3n) is 5.25. The van der Waals surface area contributed by atoms with Gasteiger partial charge >= 0.3 is 11.9 Å². The Morgan fingerprint density at radius 3 is 2.57 bits per heavy atom. The summed E-state index contributed by atoms with van der Waals surface area (Å²) in [6, 6.07) is 9.88. The van der Waals surface area contributed by atoms with E-state index < -0.39 is 29.4 Å². The van der Waals surface area contributed by atoms with Crippen LogP contribution in [0.1, 0.15) is 37.9 Å². The molecular formula is C25H20ClFN2O5S. The van der Waals surface area contributed by atoms with Crippen LogP contribution < -0.4 is 19.6 Å². The van der Waals surface area contributed by atoms with E-state index in [-0.39, 0.29) is 27.3 Å². The molecule has 0 aliphatic carbocycles. The molecule has 0 amide bonds. The van der Waals surface area contributed by atoms with Crippen LogP contribution in [0.25, 0.3) is 6.08 Å². The lowest BCUT2D eigenvalue weighted by atomic mass is 9.96. The van der Waals surface area contributed by atoms with Crippen LogP contribution in [0, 0.1) is 5.82 Å². The Kier molecular flexibility index (Phi) is 7.00. The lowest BCUT2D eigenvalue weighted by Crippen LogP contribution is -2.39. The molecule has 2 heterocycles. The molecule has 4 rings (SSSR count). The second-order valence-electron chi connectivity index (χ2n) is 7.60. The van der Waals surface area contributed by atoms with Crippen molar-refractivity contribution >= 4 is 41.0 Å². The Morgan fingerprint density at radius 1 is 1.23 bits per heavy atom. The van der Waals surface area contributed by atoms with Crippen molar-refractivity contribution in [3.05, 3.63) is 95.4 Å². The van der Waals surface area contributed by atoms with Crippen molar-refractivity contribution in [2.24, 2.45) is 4.99 Å². The molecule has 0 N–H and O–H groups in total. The molecule has 35 heavy (non-hydrogen) atoms. The highest BCUT2D eigenvalue weighted by atomic mass is 35.5. The van der Waals surface area contributed by atoms with E-state index in [4.69, 9.17) is 21.1 Å². The zero-order valence-electron chi connectivity index (χ0n) is 19.0. The predicted octanol–water partition coefficient (Wildman–Crippen LogP) is 3.52. The zero-order valence-corrected chi connectivity index (χ0v) is 20.6. The number of allylic oxidation sites excluding steroid dienone is 1. The van der Waals surface area contributed by atoms with Gasteiger partial charge in [0, 0.05) is 12.5 Å². The molecular weight excluding hydrogens is 495 g/mol. The molecule has 0 spiro atoms. The molecule has 1 atom stereocenters. The monoisotopic (exact) mass is 514 g/mol. The van der Waals surface area contributed by atoms with Crippen LogP contribution in [0.3, 0.4) is 0 Å². The molecule has 2 aromatic carbocycles. The molecule has 0 radical (unpaired) electrons. The molecule has 10 heteroatoms. The van der Waals surface area contributed by atoms with Crippen LogP contribution in [0.15, 0.2) is 63.5 Å². The molecule has 0 unspecified atom stereocenters. The van der Waals surface area contributed by atoms with Gasteiger partial charge in [0.1, 0.15) is 11.6 Å². The smallest absolute Gasteiger partial charge is 0.338 e. The highest BCUT2D eigenvalue weighted by Gasteiger charge is 2.33. The van der Waals surface area contributed by atoms with Crippen molar-refractivity contribution in [2.75, 3.05) is 6.61 Å². The number of aromatic nitrogens is 1. The lowest BCUT2D eigenvalue weighted by Gasteiger charge is -2.24. The average Bonchev–Trinajstić information content (AvgIpc) is 3.10. The van der Waals surface area contributed by atoms with Gasteiger partial charge in [-0.2, -0.15) is 0 Å². The van der Waals surface area contributed by atoms with Crippen LogP contribution in [0.5, 0.6) is 5.75 Å². The molecule has 0 saturated heterocycles. The summed E-state index contributed by atoms with van der Waals surface area (Å²) in [6.07, 6.45) is 1.38. The molecule has 1 aliphatic rings. The average molecular weight is 515 g/mol. The van der Waals surface area contributed by atoms with Crippen LogP contribution >= 0.6 is 22.9 Å². The van der Waals surface area contributed by atoms with E-state index in [1.807, 2.05) is 0 Å². The largest absolute Gasteiger partial charge is 0.463 e. The molecule has 3 aromatic rings. The molecule has 7 nitrogen and oxygen atoms in total. The number of thiazole rings is 1. The van der Waals surface area contributed by atoms with E-state index >= 15 is 0 Å². The number of ether oxygens (including phenoxy) is 2. The first kappa shape index (κ1) is 24.6. The summed E-state index contributed by atoms with van der Waals surface area (Å²) < 4.78 is 26.3. The molecule has 0 fully saturated rings. The fourth-order valence-electron chi connectivity index (χ4n) is 3.77. The van der Waals surface area contributed by atoms with Gasteiger partial charge in [0.25, 0.3) is 5.56 Å². The van der Waals surface area contributed by atoms with Gasteiger partial charge < -0.3 is 9.47 Å². The normalized spacial score (nSPS) is 15.5. The minimum Gasteiger partial charge on any atom is -0.463 e. The van der Waals surface area contributed by atoms with Gasteiger partial charge in [-0.05, 0) is 49.8 Å². The summed E-state index contributed by atoms with van der Waals surface area (Å²) in [5.41, 5.74) is 0.804. The Hall–Kier alpha value is -3.56. The first-order valence-corrected chi connectivity index (χ1v) is 11.8. The maximum absolute atomic E-state index is 14.4. The van der Waals surface area contributed by atoms with Gasteiger partial charge in [0.15, 0.2) is 4.80 Å². The van der Waals surface area contributed by atoms with E-state index in [1.54, 1.807) is 38.1 Å². The summed E-state index contributed by atoms with van der Waals surface area (Å²) in [5.74, 6) is -1.32. The second-order valence-corrected chi connectivity index (χ2v) is 9.02. The number of carbonyl (C=O) groups excluding carboxylic acids is 2. The van der Waals surface area contributed by atoms with Crippen molar-refractivity contribution in [3.63, 3.8) is 0 Å². The number of esters is 2. The Labute approximate surface area is 208 Å². The highest BCUT2D eigenvalue weighted by Crippen LogP contribution is 2.31. The summed E-state index contributed by atoms with van der Waals surface area (Å²) in [4.78, 5) is 42.6. The van der Waals surface area contributed by atoms with Crippen LogP contribution in [0.2, 0.25) is 5.02 Å². The number of nitrogens with zero attached hydrogens (tertiary/aromatic N) is 2. The van der Waals surface area contributed by atoms with Gasteiger partial charge in [-0.25, -0.2) is 14.2 Å². The number of halogens is 2. The minimum atomic E-state index is -0.852. The van der Waals surface area contributed by atoms with E-state index in [2.05, 4.69) is 4.99 Å². The second kappa shape index (κ2) is 9.97. The number of carbonyl (C=O) groups is 2. The number of rotatable bonds is 5. The summed E-state index contributed by atoms with van der Waals surface area (Å²) in [7, 11) is 0. The van der Waals surface area contributed by atoms with Crippen molar-refractivity contribution in [2.45, 2.75) is 26.8 Å². The fourth-order valence-corrected chi connectivity index (χ4v) is 5.02. The van der Waals surface area contributed by atoms with Gasteiger partial charge in [-0.3, -0.25) is 14.2 Å². The SMILES string of the molecule is CCOC(=O)C1=C(C)N=c2s/c(=C\c3c(F)cccc3Cl)c(=O)n2[C@@H]1c1ccc(OC(C)=O)cc1. The van der Waals surface area contributed by atoms with Crippen LogP contribution in [-0.2, 0) is 14.3 Å². The maximum Gasteiger partial charge on any atom is 0.338 e. The van der Waals surface area contributed by atoms with Gasteiger partial charge in [-0.1, -0.05) is 41.1 Å². The number of fused-ring (bicyclic) bond motifs is 1. The lowest BCUT2D eigenvalue weighted by molar-refractivity contribution is -0.139. The molecule has 0 bridgehead atoms. The van der Waals surface area contributed by atoms with Crippen LogP contribution in [-0.4, -0.2) is 23.1 Å². The van der Waals surface area contributed by atoms with E-state index in [0.29, 0.717) is 21.8 Å². The van der Waals surface area contributed by atoms with Gasteiger partial charge in [0.2, 0.25) is 0 Å². The van der Waals surface area contributed by atoms with Crippen molar-refractivity contribution in [1.29, 1.82) is 0 Å². The number of hydrogen-bond acceptors (Lipinski definition) is 7. The fraction of sp³-hybridized carbons (Fsp3) is 0.200. The zero-order chi connectivity index (χ0) is 25.3. The third kappa shape index (κ3) is 4.82. The first-order valence-electron chi connectivity index (χ1n) is 10.6. The van der Waals surface area contributed by atoms with Crippen molar-refractivity contribution in [3.8, 4) is 5.75 Å². The van der Waals surface area contributed by atoms with Crippen LogP contribution in [0.4, 0.5) is 4.39 Å². The number of benzene rings is 2. The standard InChI is InChI=1S/C25H20ClFN2O5S/c1-4-33-24(32)21-13(2)28-25-29(22(21)15-8-10-16(11-9-15)34-14(3)30)23(31)20(35-25)12-17-18(26)6-5-7-19(17)27/h5-12,22H,4H2,1-3H3/b20-12-/t22-/m1/s1. The third-order valence-corrected chi connectivity index (χ3v) is 6.56. The van der Waals surface area contributed by atoms with Crippen molar-refractivity contribution in [1.82, 2.24) is 4.57 Å². The van der Waals surface area contributed by atoms with E-state index in [9.17, 15) is 18.8 Å². The van der Waals surface area contributed by atoms with E-state index in [1.165, 1.54) is 35.8 Å². The Morgan fingerprint density at radius 2 is 1.94 bits per heavy atom. The minimum absolute atomic E-state index is 0.0862. The summed E-state index contributed by atoms with van der Waals surface area (Å²) >= 11 is 7.21. The predicted molar refractivity (Wildman–Crippen MR) is 130 cm³/mol. The summed E-state index contributed by atoms with van der Waals surface area (Å²) in [5, 5.41) is 0.164. The molecule has 1 aliphatic heterocycles.